The van der Waals surface area contributed by atoms with Gasteiger partial charge in [0.2, 0.25) is 5.91 Å². The van der Waals surface area contributed by atoms with E-state index in [1.54, 1.807) is 11.8 Å². The Morgan fingerprint density at radius 3 is 2.88 bits per heavy atom. The summed E-state index contributed by atoms with van der Waals surface area (Å²) in [5, 5.41) is 7.15. The third-order valence-corrected chi connectivity index (χ3v) is 7.39. The number of nitrogens with one attached hydrogen (secondary N) is 2. The Bertz CT molecular complexity index is 1280. The molecule has 0 spiro atoms. The number of imidazole rings is 1. The van der Waals surface area contributed by atoms with E-state index in [-0.39, 0.29) is 11.8 Å². The first kappa shape index (κ1) is 21.4. The number of hydrogen-bond donors (Lipinski definition) is 2. The zero-order valence-corrected chi connectivity index (χ0v) is 19.8. The van der Waals surface area contributed by atoms with Crippen LogP contribution in [0, 0.1) is 11.8 Å². The highest BCUT2D eigenvalue weighted by molar-refractivity contribution is 6.30. The van der Waals surface area contributed by atoms with Crippen molar-refractivity contribution in [2.75, 3.05) is 10.6 Å². The fraction of sp³-hybridized carbons (Fsp3) is 0.370. The number of benzene rings is 1. The number of aryl methyl sites for hydroxylation is 2. The fourth-order valence-electron chi connectivity index (χ4n) is 5.11. The van der Waals surface area contributed by atoms with Gasteiger partial charge < -0.3 is 15.2 Å². The van der Waals surface area contributed by atoms with Crippen LogP contribution in [0.1, 0.15) is 48.3 Å². The van der Waals surface area contributed by atoms with Gasteiger partial charge in [0, 0.05) is 47.7 Å². The Kier molecular flexibility index (Phi) is 5.61. The number of halogens is 1. The van der Waals surface area contributed by atoms with Crippen molar-refractivity contribution in [3.63, 3.8) is 0 Å². The van der Waals surface area contributed by atoms with Crippen LogP contribution in [0.3, 0.4) is 0 Å². The van der Waals surface area contributed by atoms with Gasteiger partial charge in [-0.1, -0.05) is 17.7 Å². The van der Waals surface area contributed by atoms with E-state index in [1.807, 2.05) is 24.3 Å². The predicted molar refractivity (Wildman–Crippen MR) is 135 cm³/mol. The normalized spacial score (nSPS) is 19.1. The number of rotatable bonds is 6. The second kappa shape index (κ2) is 8.91. The van der Waals surface area contributed by atoms with E-state index >= 15 is 0 Å². The van der Waals surface area contributed by atoms with Crippen LogP contribution in [0.2, 0.25) is 5.02 Å². The highest BCUT2D eigenvalue weighted by atomic mass is 35.5. The maximum absolute atomic E-state index is 12.9. The molecule has 1 amide bonds. The highest BCUT2D eigenvalue weighted by Crippen LogP contribution is 2.40. The van der Waals surface area contributed by atoms with Crippen molar-refractivity contribution in [3.8, 4) is 0 Å². The molecular formula is C27H28ClN5O. The van der Waals surface area contributed by atoms with Crippen LogP contribution in [0.5, 0.6) is 0 Å². The minimum Gasteiger partial charge on any atom is -0.379 e. The quantitative estimate of drug-likeness (QED) is 0.497. The molecule has 2 aliphatic carbocycles. The van der Waals surface area contributed by atoms with Gasteiger partial charge in [-0.3, -0.25) is 4.79 Å². The molecule has 1 aliphatic heterocycles. The van der Waals surface area contributed by atoms with Gasteiger partial charge in [0.15, 0.2) is 0 Å². The van der Waals surface area contributed by atoms with Crippen molar-refractivity contribution in [2.24, 2.45) is 11.8 Å². The Hall–Kier alpha value is -3.12. The molecule has 7 heteroatoms. The summed E-state index contributed by atoms with van der Waals surface area (Å²) >= 11 is 6.15. The van der Waals surface area contributed by atoms with E-state index in [2.05, 4.69) is 38.6 Å². The van der Waals surface area contributed by atoms with E-state index in [1.165, 1.54) is 24.0 Å². The van der Waals surface area contributed by atoms with Gasteiger partial charge in [-0.15, -0.1) is 0 Å². The summed E-state index contributed by atoms with van der Waals surface area (Å²) in [6, 6.07) is 9.77. The number of carbonyl (C=O) groups excluding carboxylic acids is 1. The zero-order chi connectivity index (χ0) is 23.1. The number of aromatic nitrogens is 3. The molecule has 6 nitrogen and oxygen atoms in total. The lowest BCUT2D eigenvalue weighted by Gasteiger charge is -2.24. The molecule has 0 radical (unpaired) electrons. The number of carbonyl (C=O) groups is 1. The van der Waals surface area contributed by atoms with Crippen molar-refractivity contribution in [3.05, 3.63) is 76.0 Å². The minimum absolute atomic E-state index is 0.00954. The molecule has 1 unspecified atom stereocenters. The molecule has 3 aromatic rings. The van der Waals surface area contributed by atoms with Gasteiger partial charge in [0.25, 0.3) is 0 Å². The lowest BCUT2D eigenvalue weighted by molar-refractivity contribution is -0.120. The van der Waals surface area contributed by atoms with E-state index in [9.17, 15) is 4.79 Å². The molecule has 174 valence electrons. The van der Waals surface area contributed by atoms with Crippen LogP contribution in [-0.2, 0) is 30.6 Å². The molecule has 1 fully saturated rings. The minimum atomic E-state index is -0.0742. The monoisotopic (exact) mass is 473 g/mol. The SMILES string of the molecule is O=C(Nc1cc(NCc2cn3c(n2)CCC(C2CC2)=C3)ccn1)C1CCc2ccc(Cl)cc2C1. The summed E-state index contributed by atoms with van der Waals surface area (Å²) in [6.07, 6.45) is 13.4. The molecule has 1 atom stereocenters. The van der Waals surface area contributed by atoms with Crippen LogP contribution < -0.4 is 10.6 Å². The van der Waals surface area contributed by atoms with E-state index in [4.69, 9.17) is 16.6 Å². The molecule has 34 heavy (non-hydrogen) atoms. The molecule has 3 aliphatic rings. The topological polar surface area (TPSA) is 71.8 Å². The Morgan fingerprint density at radius 2 is 2.00 bits per heavy atom. The summed E-state index contributed by atoms with van der Waals surface area (Å²) in [4.78, 5) is 22.1. The number of pyridine rings is 1. The van der Waals surface area contributed by atoms with Crippen molar-refractivity contribution < 1.29 is 4.79 Å². The zero-order valence-electron chi connectivity index (χ0n) is 19.1. The van der Waals surface area contributed by atoms with Crippen molar-refractivity contribution >= 4 is 35.2 Å². The number of anilines is 2. The number of nitrogens with zero attached hydrogens (tertiary/aromatic N) is 3. The Morgan fingerprint density at radius 1 is 1.09 bits per heavy atom. The van der Waals surface area contributed by atoms with Crippen LogP contribution in [-0.4, -0.2) is 20.4 Å². The van der Waals surface area contributed by atoms with Crippen LogP contribution >= 0.6 is 11.6 Å². The average molecular weight is 474 g/mol. The second-order valence-corrected chi connectivity index (χ2v) is 10.1. The van der Waals surface area contributed by atoms with Gasteiger partial charge in [-0.2, -0.15) is 0 Å². The highest BCUT2D eigenvalue weighted by Gasteiger charge is 2.28. The molecule has 6 rings (SSSR count). The first-order chi connectivity index (χ1) is 16.6. The molecule has 2 N–H and O–H groups in total. The summed E-state index contributed by atoms with van der Waals surface area (Å²) in [6.45, 7) is 0.629. The smallest absolute Gasteiger partial charge is 0.228 e. The van der Waals surface area contributed by atoms with E-state index < -0.39 is 0 Å². The molecule has 0 bridgehead atoms. The second-order valence-electron chi connectivity index (χ2n) is 9.66. The predicted octanol–water partition coefficient (Wildman–Crippen LogP) is 5.48. The Balaban J connectivity index is 1.07. The standard InChI is InChI=1S/C27H28ClN5O/c28-22-7-5-18-3-4-19(11-21(18)12-22)27(34)32-25-13-23(9-10-29-25)30-14-24-16-33-15-20(17-1-2-17)6-8-26(33)31-24/h5,7,9-10,12-13,15-17,19H,1-4,6,8,11,14H2,(H2,29,30,32,34). The number of fused-ring (bicyclic) bond motifs is 2. The maximum atomic E-state index is 12.9. The molecule has 2 aromatic heterocycles. The third-order valence-electron chi connectivity index (χ3n) is 7.16. The van der Waals surface area contributed by atoms with Gasteiger partial charge in [-0.05, 0) is 79.3 Å². The van der Waals surface area contributed by atoms with Crippen molar-refractivity contribution in [1.29, 1.82) is 0 Å². The maximum Gasteiger partial charge on any atom is 0.228 e. The van der Waals surface area contributed by atoms with E-state index in [0.29, 0.717) is 18.8 Å². The first-order valence-electron chi connectivity index (χ1n) is 12.2. The van der Waals surface area contributed by atoms with Gasteiger partial charge in [0.05, 0.1) is 12.2 Å². The van der Waals surface area contributed by atoms with Crippen LogP contribution in [0.15, 0.2) is 48.3 Å². The first-order valence-corrected chi connectivity index (χ1v) is 12.5. The lowest BCUT2D eigenvalue weighted by atomic mass is 9.83. The Labute approximate surface area is 204 Å². The average Bonchev–Trinajstić information content (AvgIpc) is 3.61. The van der Waals surface area contributed by atoms with Crippen molar-refractivity contribution in [1.82, 2.24) is 14.5 Å². The van der Waals surface area contributed by atoms with Gasteiger partial charge in [0.1, 0.15) is 11.6 Å². The van der Waals surface area contributed by atoms with E-state index in [0.717, 1.165) is 53.8 Å². The summed E-state index contributed by atoms with van der Waals surface area (Å²) in [7, 11) is 0. The molecule has 1 aromatic carbocycles. The molecule has 1 saturated carbocycles. The summed E-state index contributed by atoms with van der Waals surface area (Å²) in [5.74, 6) is 2.45. The molecule has 3 heterocycles. The molecule has 0 saturated heterocycles. The van der Waals surface area contributed by atoms with Crippen molar-refractivity contribution in [2.45, 2.75) is 51.5 Å². The lowest BCUT2D eigenvalue weighted by Crippen LogP contribution is -2.28. The van der Waals surface area contributed by atoms with Crippen LogP contribution in [0.4, 0.5) is 11.5 Å². The fourth-order valence-corrected chi connectivity index (χ4v) is 5.31. The van der Waals surface area contributed by atoms with Gasteiger partial charge >= 0.3 is 0 Å². The number of amides is 1. The summed E-state index contributed by atoms with van der Waals surface area (Å²) in [5.41, 5.74) is 5.96. The largest absolute Gasteiger partial charge is 0.379 e. The van der Waals surface area contributed by atoms with Crippen LogP contribution in [0.25, 0.3) is 6.20 Å². The third kappa shape index (κ3) is 4.60. The number of hydrogen-bond acceptors (Lipinski definition) is 4. The molecular weight excluding hydrogens is 446 g/mol. The van der Waals surface area contributed by atoms with Gasteiger partial charge in [-0.25, -0.2) is 9.97 Å². The number of allylic oxidation sites excluding steroid dienone is 1. The summed E-state index contributed by atoms with van der Waals surface area (Å²) < 4.78 is 2.20.